The van der Waals surface area contributed by atoms with Gasteiger partial charge in [0.2, 0.25) is 5.91 Å². The van der Waals surface area contributed by atoms with Gasteiger partial charge in [-0.15, -0.1) is 0 Å². The van der Waals surface area contributed by atoms with Crippen LogP contribution in [-0.2, 0) is 4.79 Å². The van der Waals surface area contributed by atoms with E-state index in [-0.39, 0.29) is 5.91 Å². The van der Waals surface area contributed by atoms with E-state index in [1.807, 2.05) is 37.3 Å². The van der Waals surface area contributed by atoms with Gasteiger partial charge in [0.15, 0.2) is 0 Å². The lowest BCUT2D eigenvalue weighted by molar-refractivity contribution is -0.123. The third-order valence-corrected chi connectivity index (χ3v) is 4.58. The third-order valence-electron chi connectivity index (χ3n) is 4.33. The number of aromatic nitrogens is 1. The molecule has 126 valence electrons. The van der Waals surface area contributed by atoms with Crippen molar-refractivity contribution in [2.45, 2.75) is 13.0 Å². The van der Waals surface area contributed by atoms with Gasteiger partial charge in [-0.3, -0.25) is 9.69 Å². The van der Waals surface area contributed by atoms with Crippen molar-refractivity contribution >= 4 is 23.3 Å². The number of hydrogen-bond donors (Lipinski definition) is 1. The molecule has 0 radical (unpaired) electrons. The summed E-state index contributed by atoms with van der Waals surface area (Å²) >= 11 is 5.94. The molecule has 3 rings (SSSR count). The molecule has 0 saturated carbocycles. The summed E-state index contributed by atoms with van der Waals surface area (Å²) in [7, 11) is 0. The number of benzene rings is 1. The van der Waals surface area contributed by atoms with Crippen LogP contribution in [0, 0.1) is 6.92 Å². The van der Waals surface area contributed by atoms with Crippen molar-refractivity contribution in [3.05, 3.63) is 58.7 Å². The zero-order chi connectivity index (χ0) is 17.1. The van der Waals surface area contributed by atoms with Gasteiger partial charge >= 0.3 is 0 Å². The van der Waals surface area contributed by atoms with Crippen molar-refractivity contribution in [3.63, 3.8) is 0 Å². The zero-order valence-electron chi connectivity index (χ0n) is 13.7. The predicted octanol–water partition coefficient (Wildman–Crippen LogP) is 2.39. The van der Waals surface area contributed by atoms with E-state index in [0.717, 1.165) is 43.3 Å². The fourth-order valence-electron chi connectivity index (χ4n) is 3.11. The Morgan fingerprint density at radius 3 is 2.38 bits per heavy atom. The second kappa shape index (κ2) is 7.20. The van der Waals surface area contributed by atoms with Crippen molar-refractivity contribution in [2.24, 2.45) is 5.73 Å². The summed E-state index contributed by atoms with van der Waals surface area (Å²) in [6, 6.07) is 12.9. The van der Waals surface area contributed by atoms with Gasteiger partial charge in [0, 0.05) is 36.9 Å². The second-order valence-electron chi connectivity index (χ2n) is 6.02. The van der Waals surface area contributed by atoms with Gasteiger partial charge in [0.05, 0.1) is 0 Å². The molecule has 2 aromatic rings. The minimum Gasteiger partial charge on any atom is -0.368 e. The maximum absolute atomic E-state index is 12.0. The quantitative estimate of drug-likeness (QED) is 0.925. The maximum Gasteiger partial charge on any atom is 0.239 e. The topological polar surface area (TPSA) is 62.5 Å². The molecule has 1 aromatic heterocycles. The summed E-state index contributed by atoms with van der Waals surface area (Å²) in [5.41, 5.74) is 7.55. The summed E-state index contributed by atoms with van der Waals surface area (Å²) in [6.45, 7) is 5.13. The number of carbonyl (C=O) groups is 1. The van der Waals surface area contributed by atoms with E-state index in [0.29, 0.717) is 5.02 Å². The van der Waals surface area contributed by atoms with Gasteiger partial charge in [-0.2, -0.15) is 0 Å². The number of pyridine rings is 1. The number of anilines is 1. The summed E-state index contributed by atoms with van der Waals surface area (Å²) in [4.78, 5) is 20.9. The van der Waals surface area contributed by atoms with E-state index in [9.17, 15) is 4.79 Å². The van der Waals surface area contributed by atoms with Crippen molar-refractivity contribution in [1.29, 1.82) is 0 Å². The van der Waals surface area contributed by atoms with Gasteiger partial charge in [-0.25, -0.2) is 4.98 Å². The van der Waals surface area contributed by atoms with Crippen LogP contribution < -0.4 is 10.6 Å². The summed E-state index contributed by atoms with van der Waals surface area (Å²) in [5, 5.41) is 0.650. The average Bonchev–Trinajstić information content (AvgIpc) is 2.57. The molecule has 0 bridgehead atoms. The molecule has 5 nitrogen and oxygen atoms in total. The standard InChI is InChI=1S/C18H21ClN4O/c1-13-3-2-4-16(21-13)22-9-11-23(12-10-22)17(18(20)24)14-5-7-15(19)8-6-14/h2-8,17H,9-12H2,1H3,(H2,20,24)/t17-/m0/s1. The summed E-state index contributed by atoms with van der Waals surface area (Å²) < 4.78 is 0. The number of aryl methyl sites for hydroxylation is 1. The summed E-state index contributed by atoms with van der Waals surface area (Å²) in [6.07, 6.45) is 0. The van der Waals surface area contributed by atoms with Crippen LogP contribution in [0.1, 0.15) is 17.3 Å². The molecule has 0 spiro atoms. The number of amides is 1. The molecular formula is C18H21ClN4O. The highest BCUT2D eigenvalue weighted by molar-refractivity contribution is 6.30. The van der Waals surface area contributed by atoms with E-state index >= 15 is 0 Å². The first-order chi connectivity index (χ1) is 11.5. The van der Waals surface area contributed by atoms with Crippen LogP contribution in [-0.4, -0.2) is 42.0 Å². The van der Waals surface area contributed by atoms with Crippen LogP contribution in [0.2, 0.25) is 5.02 Å². The van der Waals surface area contributed by atoms with E-state index in [4.69, 9.17) is 17.3 Å². The number of piperazine rings is 1. The Bertz CT molecular complexity index is 711. The molecule has 1 fully saturated rings. The number of rotatable bonds is 4. The monoisotopic (exact) mass is 344 g/mol. The van der Waals surface area contributed by atoms with Crippen molar-refractivity contribution in [2.75, 3.05) is 31.1 Å². The SMILES string of the molecule is Cc1cccc(N2CCN([C@H](C(N)=O)c3ccc(Cl)cc3)CC2)n1. The third kappa shape index (κ3) is 3.68. The first-order valence-corrected chi connectivity index (χ1v) is 8.40. The lowest BCUT2D eigenvalue weighted by Crippen LogP contribution is -2.50. The Balaban J connectivity index is 1.72. The molecule has 1 saturated heterocycles. The summed E-state index contributed by atoms with van der Waals surface area (Å²) in [5.74, 6) is 0.649. The highest BCUT2D eigenvalue weighted by Gasteiger charge is 2.29. The predicted molar refractivity (Wildman–Crippen MR) is 96.1 cm³/mol. The minimum atomic E-state index is -0.421. The zero-order valence-corrected chi connectivity index (χ0v) is 14.4. The maximum atomic E-state index is 12.0. The van der Waals surface area contributed by atoms with Gasteiger partial charge in [-0.1, -0.05) is 29.8 Å². The molecule has 1 aliphatic rings. The Hall–Kier alpha value is -2.11. The highest BCUT2D eigenvalue weighted by atomic mass is 35.5. The Morgan fingerprint density at radius 2 is 1.79 bits per heavy atom. The minimum absolute atomic E-state index is 0.334. The van der Waals surface area contributed by atoms with E-state index in [2.05, 4.69) is 14.8 Å². The largest absolute Gasteiger partial charge is 0.368 e. The molecule has 1 aliphatic heterocycles. The Morgan fingerprint density at radius 1 is 1.12 bits per heavy atom. The van der Waals surface area contributed by atoms with Crippen LogP contribution in [0.4, 0.5) is 5.82 Å². The fraction of sp³-hybridized carbons (Fsp3) is 0.333. The van der Waals surface area contributed by atoms with Crippen LogP contribution in [0.3, 0.4) is 0 Å². The molecule has 2 heterocycles. The number of nitrogens with zero attached hydrogens (tertiary/aromatic N) is 3. The first-order valence-electron chi connectivity index (χ1n) is 8.02. The molecule has 2 N–H and O–H groups in total. The first kappa shape index (κ1) is 16.7. The number of primary amides is 1. The number of nitrogens with two attached hydrogens (primary N) is 1. The number of carbonyl (C=O) groups excluding carboxylic acids is 1. The highest BCUT2D eigenvalue weighted by Crippen LogP contribution is 2.24. The van der Waals surface area contributed by atoms with Gasteiger partial charge in [0.1, 0.15) is 11.9 Å². The van der Waals surface area contributed by atoms with Gasteiger partial charge in [-0.05, 0) is 36.8 Å². The molecule has 0 unspecified atom stereocenters. The average molecular weight is 345 g/mol. The molecule has 6 heteroatoms. The van der Waals surface area contributed by atoms with E-state index in [1.165, 1.54) is 0 Å². The number of halogens is 1. The Kier molecular flexibility index (Phi) is 5.02. The van der Waals surface area contributed by atoms with Crippen molar-refractivity contribution in [1.82, 2.24) is 9.88 Å². The number of hydrogen-bond acceptors (Lipinski definition) is 4. The molecule has 0 aliphatic carbocycles. The molecule has 24 heavy (non-hydrogen) atoms. The fourth-order valence-corrected chi connectivity index (χ4v) is 3.24. The lowest BCUT2D eigenvalue weighted by Gasteiger charge is -2.38. The van der Waals surface area contributed by atoms with Crippen LogP contribution >= 0.6 is 11.6 Å². The molecular weight excluding hydrogens is 324 g/mol. The lowest BCUT2D eigenvalue weighted by atomic mass is 10.0. The van der Waals surface area contributed by atoms with Gasteiger partial charge < -0.3 is 10.6 Å². The smallest absolute Gasteiger partial charge is 0.239 e. The van der Waals surface area contributed by atoms with E-state index in [1.54, 1.807) is 12.1 Å². The molecule has 1 amide bonds. The van der Waals surface area contributed by atoms with Crippen LogP contribution in [0.15, 0.2) is 42.5 Å². The molecule has 1 atom stereocenters. The van der Waals surface area contributed by atoms with Crippen LogP contribution in [0.5, 0.6) is 0 Å². The van der Waals surface area contributed by atoms with Crippen molar-refractivity contribution in [3.8, 4) is 0 Å². The van der Waals surface area contributed by atoms with E-state index < -0.39 is 6.04 Å². The Labute approximate surface area is 147 Å². The van der Waals surface area contributed by atoms with Crippen molar-refractivity contribution < 1.29 is 4.79 Å². The normalized spacial score (nSPS) is 16.8. The molecule has 1 aromatic carbocycles. The van der Waals surface area contributed by atoms with Gasteiger partial charge in [0.25, 0.3) is 0 Å². The van der Waals surface area contributed by atoms with Crippen LogP contribution in [0.25, 0.3) is 0 Å². The second-order valence-corrected chi connectivity index (χ2v) is 6.45.